The number of hydrogen-bond acceptors (Lipinski definition) is 4. The summed E-state index contributed by atoms with van der Waals surface area (Å²) in [5, 5.41) is 3.03. The van der Waals surface area contributed by atoms with Crippen LogP contribution in [0.25, 0.3) is 0 Å². The Hall–Kier alpha value is -1.59. The van der Waals surface area contributed by atoms with Crippen molar-refractivity contribution in [3.63, 3.8) is 0 Å². The smallest absolute Gasteiger partial charge is 0.251 e. The van der Waals surface area contributed by atoms with Crippen LogP contribution >= 0.6 is 0 Å². The van der Waals surface area contributed by atoms with Crippen molar-refractivity contribution in [2.24, 2.45) is 0 Å². The lowest BCUT2D eigenvalue weighted by Gasteiger charge is -2.40. The zero-order valence-corrected chi connectivity index (χ0v) is 13.1. The lowest BCUT2D eigenvalue weighted by Crippen LogP contribution is -2.55. The van der Waals surface area contributed by atoms with Crippen LogP contribution in [-0.4, -0.2) is 49.2 Å². The molecular weight excluding hydrogens is 266 g/mol. The van der Waals surface area contributed by atoms with Gasteiger partial charge in [0.05, 0.1) is 13.2 Å². The molecule has 21 heavy (non-hydrogen) atoms. The van der Waals surface area contributed by atoms with Crippen molar-refractivity contribution in [2.45, 2.75) is 26.3 Å². The molecule has 116 valence electrons. The molecule has 1 amide bonds. The third-order valence-electron chi connectivity index (χ3n) is 4.17. The molecule has 1 aliphatic rings. The number of nitrogens with zero attached hydrogens (tertiary/aromatic N) is 1. The van der Waals surface area contributed by atoms with Crippen LogP contribution in [0.3, 0.4) is 0 Å². The van der Waals surface area contributed by atoms with E-state index in [1.807, 2.05) is 25.1 Å². The fourth-order valence-corrected chi connectivity index (χ4v) is 2.57. The molecule has 5 nitrogen and oxygen atoms in total. The van der Waals surface area contributed by atoms with E-state index in [1.54, 1.807) is 0 Å². The predicted octanol–water partition coefficient (Wildman–Crippen LogP) is 1.42. The first-order valence-corrected chi connectivity index (χ1v) is 7.38. The van der Waals surface area contributed by atoms with Gasteiger partial charge in [-0.25, -0.2) is 0 Å². The molecule has 1 aliphatic heterocycles. The number of nitrogens with one attached hydrogen (secondary N) is 1. The largest absolute Gasteiger partial charge is 0.398 e. The first kappa shape index (κ1) is 15.8. The SMILES string of the molecule is Cc1c(N)cccc1C(=O)NCC(C)(C)N1CCOCC1. The standard InChI is InChI=1S/C16H25N3O2/c1-12-13(5-4-6-14(12)17)15(20)18-11-16(2,3)19-7-9-21-10-8-19/h4-6H,7-11,17H2,1-3H3,(H,18,20). The van der Waals surface area contributed by atoms with Gasteiger partial charge in [0.1, 0.15) is 0 Å². The minimum absolute atomic E-state index is 0.0684. The molecule has 1 aromatic rings. The molecule has 3 N–H and O–H groups in total. The number of hydrogen-bond donors (Lipinski definition) is 2. The summed E-state index contributed by atoms with van der Waals surface area (Å²) in [7, 11) is 0. The molecule has 0 bridgehead atoms. The van der Waals surface area contributed by atoms with Crippen molar-refractivity contribution < 1.29 is 9.53 Å². The molecule has 0 unspecified atom stereocenters. The second-order valence-corrected chi connectivity index (χ2v) is 6.11. The van der Waals surface area contributed by atoms with Crippen LogP contribution in [0.5, 0.6) is 0 Å². The number of nitrogens with two attached hydrogens (primary N) is 1. The number of nitrogen functional groups attached to an aromatic ring is 1. The van der Waals surface area contributed by atoms with Gasteiger partial charge in [0.15, 0.2) is 0 Å². The molecule has 0 saturated carbocycles. The second kappa shape index (κ2) is 6.45. The number of carbonyl (C=O) groups excluding carboxylic acids is 1. The summed E-state index contributed by atoms with van der Waals surface area (Å²) in [5.41, 5.74) is 7.89. The van der Waals surface area contributed by atoms with Crippen molar-refractivity contribution in [2.75, 3.05) is 38.6 Å². The molecule has 0 spiro atoms. The van der Waals surface area contributed by atoms with E-state index in [4.69, 9.17) is 10.5 Å². The molecule has 0 aliphatic carbocycles. The molecule has 1 heterocycles. The first-order chi connectivity index (χ1) is 9.92. The Kier molecular flexibility index (Phi) is 4.85. The first-order valence-electron chi connectivity index (χ1n) is 7.38. The summed E-state index contributed by atoms with van der Waals surface area (Å²) < 4.78 is 5.38. The number of anilines is 1. The highest BCUT2D eigenvalue weighted by molar-refractivity contribution is 5.96. The van der Waals surface area contributed by atoms with Gasteiger partial charge in [-0.2, -0.15) is 0 Å². The van der Waals surface area contributed by atoms with Gasteiger partial charge >= 0.3 is 0 Å². The van der Waals surface area contributed by atoms with Gasteiger partial charge in [0.2, 0.25) is 0 Å². The number of benzene rings is 1. The molecule has 0 atom stereocenters. The highest BCUT2D eigenvalue weighted by Gasteiger charge is 2.28. The molecule has 0 aromatic heterocycles. The Morgan fingerprint density at radius 3 is 2.71 bits per heavy atom. The number of amides is 1. The van der Waals surface area contributed by atoms with Crippen molar-refractivity contribution in [1.82, 2.24) is 10.2 Å². The quantitative estimate of drug-likeness (QED) is 0.823. The van der Waals surface area contributed by atoms with Crippen LogP contribution in [0.1, 0.15) is 29.8 Å². The minimum Gasteiger partial charge on any atom is -0.398 e. The zero-order valence-electron chi connectivity index (χ0n) is 13.1. The van der Waals surface area contributed by atoms with E-state index < -0.39 is 0 Å². The van der Waals surface area contributed by atoms with Crippen molar-refractivity contribution in [3.05, 3.63) is 29.3 Å². The predicted molar refractivity (Wildman–Crippen MR) is 84.4 cm³/mol. The Labute approximate surface area is 126 Å². The summed E-state index contributed by atoms with van der Waals surface area (Å²) in [4.78, 5) is 14.7. The molecule has 1 saturated heterocycles. The molecule has 1 aromatic carbocycles. The molecular formula is C16H25N3O2. The normalized spacial score (nSPS) is 16.7. The maximum atomic E-state index is 12.3. The lowest BCUT2D eigenvalue weighted by atomic mass is 10.0. The molecule has 1 fully saturated rings. The van der Waals surface area contributed by atoms with Crippen LogP contribution in [0.2, 0.25) is 0 Å². The number of morpholine rings is 1. The molecule has 0 radical (unpaired) electrons. The van der Waals surface area contributed by atoms with Gasteiger partial charge in [-0.1, -0.05) is 6.07 Å². The van der Waals surface area contributed by atoms with E-state index >= 15 is 0 Å². The fourth-order valence-electron chi connectivity index (χ4n) is 2.57. The number of rotatable bonds is 4. The Bertz CT molecular complexity index is 508. The van der Waals surface area contributed by atoms with Crippen LogP contribution in [0.15, 0.2) is 18.2 Å². The summed E-state index contributed by atoms with van der Waals surface area (Å²) >= 11 is 0. The number of carbonyl (C=O) groups is 1. The molecule has 2 rings (SSSR count). The summed E-state index contributed by atoms with van der Waals surface area (Å²) in [5.74, 6) is -0.0684. The van der Waals surface area contributed by atoms with E-state index in [2.05, 4.69) is 24.1 Å². The van der Waals surface area contributed by atoms with Gasteiger partial charge in [-0.15, -0.1) is 0 Å². The zero-order chi connectivity index (χ0) is 15.5. The van der Waals surface area contributed by atoms with Gasteiger partial charge in [-0.05, 0) is 38.5 Å². The lowest BCUT2D eigenvalue weighted by molar-refractivity contribution is -0.00923. The summed E-state index contributed by atoms with van der Waals surface area (Å²) in [6.45, 7) is 10.1. The average Bonchev–Trinajstić information content (AvgIpc) is 2.49. The Balaban J connectivity index is 1.98. The monoisotopic (exact) mass is 291 g/mol. The van der Waals surface area contributed by atoms with Gasteiger partial charge in [0.25, 0.3) is 5.91 Å². The van der Waals surface area contributed by atoms with E-state index in [0.717, 1.165) is 31.9 Å². The minimum atomic E-state index is -0.0896. The highest BCUT2D eigenvalue weighted by Crippen LogP contribution is 2.17. The topological polar surface area (TPSA) is 67.6 Å². The maximum Gasteiger partial charge on any atom is 0.251 e. The molecule has 5 heteroatoms. The third kappa shape index (κ3) is 3.74. The van der Waals surface area contributed by atoms with Gasteiger partial charge < -0.3 is 15.8 Å². The van der Waals surface area contributed by atoms with E-state index in [9.17, 15) is 4.79 Å². The average molecular weight is 291 g/mol. The van der Waals surface area contributed by atoms with Crippen LogP contribution in [-0.2, 0) is 4.74 Å². The summed E-state index contributed by atoms with van der Waals surface area (Å²) in [6.07, 6.45) is 0. The third-order valence-corrected chi connectivity index (χ3v) is 4.17. The van der Waals surface area contributed by atoms with Crippen LogP contribution < -0.4 is 11.1 Å². The van der Waals surface area contributed by atoms with Crippen molar-refractivity contribution >= 4 is 11.6 Å². The van der Waals surface area contributed by atoms with Crippen LogP contribution in [0.4, 0.5) is 5.69 Å². The fraction of sp³-hybridized carbons (Fsp3) is 0.562. The van der Waals surface area contributed by atoms with E-state index in [1.165, 1.54) is 0 Å². The van der Waals surface area contributed by atoms with E-state index in [0.29, 0.717) is 17.8 Å². The van der Waals surface area contributed by atoms with Crippen molar-refractivity contribution in [1.29, 1.82) is 0 Å². The Morgan fingerprint density at radius 1 is 1.38 bits per heavy atom. The maximum absolute atomic E-state index is 12.3. The van der Waals surface area contributed by atoms with E-state index in [-0.39, 0.29) is 11.4 Å². The van der Waals surface area contributed by atoms with Gasteiger partial charge in [-0.3, -0.25) is 9.69 Å². The highest BCUT2D eigenvalue weighted by atomic mass is 16.5. The van der Waals surface area contributed by atoms with Gasteiger partial charge in [0, 0.05) is 36.4 Å². The van der Waals surface area contributed by atoms with Crippen molar-refractivity contribution in [3.8, 4) is 0 Å². The number of ether oxygens (including phenoxy) is 1. The second-order valence-electron chi connectivity index (χ2n) is 6.11. The van der Waals surface area contributed by atoms with Crippen LogP contribution in [0, 0.1) is 6.92 Å². The summed E-state index contributed by atoms with van der Waals surface area (Å²) in [6, 6.07) is 5.43. The Morgan fingerprint density at radius 2 is 2.05 bits per heavy atom.